The number of aryl methyl sites for hydroxylation is 1. The van der Waals surface area contributed by atoms with Crippen LogP contribution in [0.2, 0.25) is 0 Å². The third-order valence-corrected chi connectivity index (χ3v) is 3.52. The average Bonchev–Trinajstić information content (AvgIpc) is 2.84. The summed E-state index contributed by atoms with van der Waals surface area (Å²) in [6.45, 7) is 1.83. The van der Waals surface area contributed by atoms with Crippen LogP contribution in [0.25, 0.3) is 16.7 Å². The summed E-state index contributed by atoms with van der Waals surface area (Å²) in [5.41, 5.74) is 3.27. The van der Waals surface area contributed by atoms with Crippen molar-refractivity contribution in [1.29, 1.82) is 5.26 Å². The summed E-state index contributed by atoms with van der Waals surface area (Å²) >= 11 is 5.97. The smallest absolute Gasteiger partial charge is 0.129 e. The number of para-hydroxylation sites is 1. The van der Waals surface area contributed by atoms with Gasteiger partial charge in [-0.2, -0.15) is 5.26 Å². The topological polar surface area (TPSA) is 41.6 Å². The lowest BCUT2D eigenvalue weighted by Gasteiger charge is -2.09. The Bertz CT molecular complexity index is 857. The Labute approximate surface area is 126 Å². The summed E-state index contributed by atoms with van der Waals surface area (Å²) in [5, 5.41) is 9.18. The fourth-order valence-electron chi connectivity index (χ4n) is 2.46. The highest BCUT2D eigenvalue weighted by molar-refractivity contribution is 6.17. The van der Waals surface area contributed by atoms with Crippen LogP contribution in [0, 0.1) is 24.1 Å². The molecule has 104 valence electrons. The first-order valence-corrected chi connectivity index (χ1v) is 6.91. The van der Waals surface area contributed by atoms with Crippen molar-refractivity contribution in [3.63, 3.8) is 0 Å². The van der Waals surface area contributed by atoms with Crippen LogP contribution in [-0.2, 0) is 5.88 Å². The highest BCUT2D eigenvalue weighted by atomic mass is 35.5. The summed E-state index contributed by atoms with van der Waals surface area (Å²) in [4.78, 5) is 4.42. The molecule has 0 unspecified atom stereocenters. The number of halogens is 2. The predicted molar refractivity (Wildman–Crippen MR) is 80.0 cm³/mol. The van der Waals surface area contributed by atoms with Crippen molar-refractivity contribution < 1.29 is 4.39 Å². The molecule has 0 saturated heterocycles. The van der Waals surface area contributed by atoms with Gasteiger partial charge in [0.15, 0.2) is 0 Å². The first-order valence-electron chi connectivity index (χ1n) is 6.38. The highest BCUT2D eigenvalue weighted by Gasteiger charge is 2.15. The molecule has 2 aromatic carbocycles. The average molecular weight is 300 g/mol. The molecule has 0 N–H and O–H groups in total. The number of rotatable bonds is 2. The number of imidazole rings is 1. The van der Waals surface area contributed by atoms with E-state index in [0.29, 0.717) is 22.6 Å². The Hall–Kier alpha value is -2.38. The first kappa shape index (κ1) is 13.6. The standard InChI is InChI=1S/C16H11ClFN3/c1-10-5-12(18)7-13(6-10)21-14-4-2-3-11(9-19)16(14)20-15(21)8-17/h2-7H,8H2,1H3. The van der Waals surface area contributed by atoms with Gasteiger partial charge in [0.25, 0.3) is 0 Å². The van der Waals surface area contributed by atoms with Gasteiger partial charge in [0.1, 0.15) is 23.2 Å². The molecule has 3 rings (SSSR count). The van der Waals surface area contributed by atoms with Gasteiger partial charge in [-0.05, 0) is 42.8 Å². The largest absolute Gasteiger partial charge is 0.295 e. The van der Waals surface area contributed by atoms with E-state index in [1.54, 1.807) is 16.7 Å². The van der Waals surface area contributed by atoms with Crippen LogP contribution in [0.15, 0.2) is 36.4 Å². The summed E-state index contributed by atoms with van der Waals surface area (Å²) < 4.78 is 15.5. The lowest BCUT2D eigenvalue weighted by atomic mass is 10.2. The van der Waals surface area contributed by atoms with E-state index < -0.39 is 0 Å². The van der Waals surface area contributed by atoms with Crippen molar-refractivity contribution in [3.05, 3.63) is 59.2 Å². The van der Waals surface area contributed by atoms with Crippen molar-refractivity contribution in [3.8, 4) is 11.8 Å². The molecule has 0 amide bonds. The summed E-state index contributed by atoms with van der Waals surface area (Å²) in [5.74, 6) is 0.443. The van der Waals surface area contributed by atoms with E-state index in [1.807, 2.05) is 19.1 Å². The second-order valence-electron chi connectivity index (χ2n) is 4.77. The Kier molecular flexibility index (Phi) is 3.36. The molecule has 1 aromatic heterocycles. The van der Waals surface area contributed by atoms with E-state index in [-0.39, 0.29) is 11.7 Å². The number of benzene rings is 2. The van der Waals surface area contributed by atoms with Crippen LogP contribution in [0.4, 0.5) is 4.39 Å². The normalized spacial score (nSPS) is 10.8. The van der Waals surface area contributed by atoms with Crippen molar-refractivity contribution in [1.82, 2.24) is 9.55 Å². The van der Waals surface area contributed by atoms with Gasteiger partial charge in [-0.3, -0.25) is 4.57 Å². The number of hydrogen-bond donors (Lipinski definition) is 0. The predicted octanol–water partition coefficient (Wildman–Crippen LogP) is 4.08. The van der Waals surface area contributed by atoms with Crippen molar-refractivity contribution in [2.24, 2.45) is 0 Å². The monoisotopic (exact) mass is 299 g/mol. The minimum absolute atomic E-state index is 0.176. The lowest BCUT2D eigenvalue weighted by Crippen LogP contribution is -2.00. The molecular weight excluding hydrogens is 289 g/mol. The maximum atomic E-state index is 13.7. The molecule has 0 aliphatic carbocycles. The van der Waals surface area contributed by atoms with Crippen molar-refractivity contribution in [2.45, 2.75) is 12.8 Å². The van der Waals surface area contributed by atoms with Gasteiger partial charge in [0, 0.05) is 0 Å². The van der Waals surface area contributed by atoms with Crippen molar-refractivity contribution in [2.75, 3.05) is 0 Å². The second-order valence-corrected chi connectivity index (χ2v) is 5.04. The molecule has 0 fully saturated rings. The minimum atomic E-state index is -0.316. The molecular formula is C16H11ClFN3. The third-order valence-electron chi connectivity index (χ3n) is 3.28. The van der Waals surface area contributed by atoms with Gasteiger partial charge in [0.05, 0.1) is 22.6 Å². The van der Waals surface area contributed by atoms with Crippen molar-refractivity contribution >= 4 is 22.6 Å². The van der Waals surface area contributed by atoms with Gasteiger partial charge in [-0.15, -0.1) is 11.6 Å². The Balaban J connectivity index is 2.38. The molecule has 0 spiro atoms. The summed E-state index contributed by atoms with van der Waals surface area (Å²) in [7, 11) is 0. The van der Waals surface area contributed by atoms with Gasteiger partial charge in [-0.25, -0.2) is 9.37 Å². The Morgan fingerprint density at radius 1 is 1.33 bits per heavy atom. The number of alkyl halides is 1. The number of hydrogen-bond acceptors (Lipinski definition) is 2. The zero-order valence-corrected chi connectivity index (χ0v) is 12.0. The van der Waals surface area contributed by atoms with Crippen LogP contribution >= 0.6 is 11.6 Å². The van der Waals surface area contributed by atoms with Crippen LogP contribution in [0.5, 0.6) is 0 Å². The minimum Gasteiger partial charge on any atom is -0.295 e. The van der Waals surface area contributed by atoms with E-state index in [1.165, 1.54) is 12.1 Å². The number of fused-ring (bicyclic) bond motifs is 1. The maximum Gasteiger partial charge on any atom is 0.129 e. The van der Waals surface area contributed by atoms with E-state index >= 15 is 0 Å². The lowest BCUT2D eigenvalue weighted by molar-refractivity contribution is 0.625. The van der Waals surface area contributed by atoms with Gasteiger partial charge in [-0.1, -0.05) is 6.07 Å². The van der Waals surface area contributed by atoms with Gasteiger partial charge >= 0.3 is 0 Å². The molecule has 0 bridgehead atoms. The van der Waals surface area contributed by atoms with Crippen LogP contribution in [0.1, 0.15) is 17.0 Å². The Morgan fingerprint density at radius 2 is 2.14 bits per heavy atom. The van der Waals surface area contributed by atoms with Gasteiger partial charge in [0.2, 0.25) is 0 Å². The van der Waals surface area contributed by atoms with Gasteiger partial charge < -0.3 is 0 Å². The number of nitriles is 1. The molecule has 0 saturated carbocycles. The van der Waals surface area contributed by atoms with E-state index in [0.717, 1.165) is 11.1 Å². The second kappa shape index (κ2) is 5.19. The maximum absolute atomic E-state index is 13.7. The molecule has 0 atom stereocenters. The van der Waals surface area contributed by atoms with Crippen LogP contribution in [-0.4, -0.2) is 9.55 Å². The van der Waals surface area contributed by atoms with Crippen LogP contribution in [0.3, 0.4) is 0 Å². The molecule has 1 heterocycles. The summed E-state index contributed by atoms with van der Waals surface area (Å²) in [6.07, 6.45) is 0. The summed E-state index contributed by atoms with van der Waals surface area (Å²) in [6, 6.07) is 12.2. The molecule has 3 nitrogen and oxygen atoms in total. The first-order chi connectivity index (χ1) is 10.1. The van der Waals surface area contributed by atoms with Crippen LogP contribution < -0.4 is 0 Å². The Morgan fingerprint density at radius 3 is 2.81 bits per heavy atom. The molecule has 3 aromatic rings. The zero-order chi connectivity index (χ0) is 15.0. The van der Waals surface area contributed by atoms with E-state index in [2.05, 4.69) is 11.1 Å². The number of aromatic nitrogens is 2. The number of nitrogens with zero attached hydrogens (tertiary/aromatic N) is 3. The fourth-order valence-corrected chi connectivity index (χ4v) is 2.64. The van der Waals surface area contributed by atoms with E-state index in [9.17, 15) is 9.65 Å². The third kappa shape index (κ3) is 2.26. The highest BCUT2D eigenvalue weighted by Crippen LogP contribution is 2.26. The molecule has 0 aliphatic heterocycles. The molecule has 5 heteroatoms. The molecule has 0 radical (unpaired) electrons. The quantitative estimate of drug-likeness (QED) is 0.669. The van der Waals surface area contributed by atoms with E-state index in [4.69, 9.17) is 11.6 Å². The zero-order valence-electron chi connectivity index (χ0n) is 11.3. The SMILES string of the molecule is Cc1cc(F)cc(-n2c(CCl)nc3c(C#N)cccc32)c1. The molecule has 0 aliphatic rings. The molecule has 21 heavy (non-hydrogen) atoms. The fraction of sp³-hybridized carbons (Fsp3) is 0.125.